The topological polar surface area (TPSA) is 93.1 Å². The van der Waals surface area contributed by atoms with Gasteiger partial charge in [-0.25, -0.2) is 9.59 Å². The molecule has 2 rings (SSSR count). The summed E-state index contributed by atoms with van der Waals surface area (Å²) in [6, 6.07) is 5.27. The van der Waals surface area contributed by atoms with Gasteiger partial charge in [0.25, 0.3) is 0 Å². The van der Waals surface area contributed by atoms with Crippen molar-refractivity contribution in [3.05, 3.63) is 34.3 Å². The van der Waals surface area contributed by atoms with Crippen LogP contribution >= 0.6 is 15.9 Å². The summed E-state index contributed by atoms with van der Waals surface area (Å²) in [4.78, 5) is 36.2. The number of nitrogens with zero attached hydrogens (tertiary/aromatic N) is 1. The third kappa shape index (κ3) is 5.46. The van der Waals surface area contributed by atoms with Crippen molar-refractivity contribution in [1.82, 2.24) is 4.90 Å². The van der Waals surface area contributed by atoms with Crippen molar-refractivity contribution in [3.63, 3.8) is 0 Å². The van der Waals surface area contributed by atoms with Gasteiger partial charge < -0.3 is 14.6 Å². The van der Waals surface area contributed by atoms with Crippen molar-refractivity contribution in [2.24, 2.45) is 5.92 Å². The van der Waals surface area contributed by atoms with Gasteiger partial charge >= 0.3 is 18.7 Å². The molecule has 1 aromatic carbocycles. The zero-order chi connectivity index (χ0) is 19.3. The Balaban J connectivity index is 1.92. The molecule has 0 saturated carbocycles. The number of hydrogen-bond acceptors (Lipinski definition) is 5. The van der Waals surface area contributed by atoms with E-state index in [9.17, 15) is 23.2 Å². The molecule has 10 heteroatoms. The van der Waals surface area contributed by atoms with Gasteiger partial charge in [-0.05, 0) is 18.6 Å². The minimum absolute atomic E-state index is 0.00960. The van der Waals surface area contributed by atoms with Crippen LogP contribution in [0.15, 0.2) is 28.7 Å². The lowest BCUT2D eigenvalue weighted by Crippen LogP contribution is -2.41. The predicted molar refractivity (Wildman–Crippen MR) is 88.0 cm³/mol. The molecule has 7 nitrogen and oxygen atoms in total. The lowest BCUT2D eigenvalue weighted by molar-refractivity contribution is -0.147. The second-order valence-electron chi connectivity index (χ2n) is 5.68. The summed E-state index contributed by atoms with van der Waals surface area (Å²) in [7, 11) is 0. The van der Waals surface area contributed by atoms with Crippen molar-refractivity contribution in [2.45, 2.75) is 19.1 Å². The van der Waals surface area contributed by atoms with E-state index in [0.717, 1.165) is 9.37 Å². The molecular weight excluding hydrogens is 420 g/mol. The summed E-state index contributed by atoms with van der Waals surface area (Å²) in [6.45, 7) is -4.00. The summed E-state index contributed by atoms with van der Waals surface area (Å²) < 4.78 is 34.1. The van der Waals surface area contributed by atoms with Crippen LogP contribution < -0.4 is 0 Å². The first-order valence-corrected chi connectivity index (χ1v) is 8.42. The van der Waals surface area contributed by atoms with Gasteiger partial charge in [0, 0.05) is 22.5 Å². The van der Waals surface area contributed by atoms with Crippen LogP contribution in [0, 0.1) is 5.92 Å². The molecule has 0 aliphatic carbocycles. The van der Waals surface area contributed by atoms with E-state index < -0.39 is 43.0 Å². The minimum Gasteiger partial charge on any atom is -0.465 e. The van der Waals surface area contributed by atoms with E-state index in [4.69, 9.17) is 9.84 Å². The van der Waals surface area contributed by atoms with Gasteiger partial charge in [0.15, 0.2) is 12.4 Å². The fraction of sp³-hybridized carbons (Fsp3) is 0.438. The molecule has 142 valence electrons. The first kappa shape index (κ1) is 20.2. The molecule has 2 unspecified atom stereocenters. The maximum Gasteiger partial charge on any atom is 0.408 e. The Bertz CT molecular complexity index is 669. The lowest BCUT2D eigenvalue weighted by atomic mass is 10.1. The molecule has 1 N–H and O–H groups in total. The number of rotatable bonds is 7. The average Bonchev–Trinajstić information content (AvgIpc) is 3.03. The van der Waals surface area contributed by atoms with Crippen molar-refractivity contribution < 1.29 is 37.7 Å². The Hall–Kier alpha value is -2.07. The zero-order valence-electron chi connectivity index (χ0n) is 13.4. The molecule has 2 atom stereocenters. The Kier molecular flexibility index (Phi) is 7.04. The van der Waals surface area contributed by atoms with Gasteiger partial charge in [0.2, 0.25) is 0 Å². The molecule has 1 heterocycles. The van der Waals surface area contributed by atoms with Crippen LogP contribution in [-0.2, 0) is 14.3 Å². The number of Topliss-reactive ketones (excluding diaryl/α,β-unsaturated/α-hetero) is 1. The van der Waals surface area contributed by atoms with Gasteiger partial charge in [-0.1, -0.05) is 28.1 Å². The first-order valence-electron chi connectivity index (χ1n) is 7.62. The number of amides is 1. The number of likely N-dealkylation sites (tertiary alicyclic amines) is 1. The highest BCUT2D eigenvalue weighted by atomic mass is 79.9. The first-order chi connectivity index (χ1) is 12.3. The van der Waals surface area contributed by atoms with Crippen molar-refractivity contribution in [2.75, 3.05) is 19.8 Å². The summed E-state index contributed by atoms with van der Waals surface area (Å²) in [5, 5.41) is 9.17. The molecule has 0 radical (unpaired) electrons. The highest BCUT2D eigenvalue weighted by Crippen LogP contribution is 2.25. The van der Waals surface area contributed by atoms with Crippen LogP contribution in [0.5, 0.6) is 0 Å². The van der Waals surface area contributed by atoms with E-state index in [2.05, 4.69) is 20.7 Å². The van der Waals surface area contributed by atoms with Gasteiger partial charge in [0.1, 0.15) is 6.04 Å². The van der Waals surface area contributed by atoms with Crippen molar-refractivity contribution in [3.8, 4) is 0 Å². The number of halogens is 3. The molecule has 0 spiro atoms. The number of ether oxygens (including phenoxy) is 2. The second-order valence-corrected chi connectivity index (χ2v) is 6.60. The Morgan fingerprint density at radius 1 is 1.27 bits per heavy atom. The lowest BCUT2D eigenvalue weighted by Gasteiger charge is -2.19. The molecule has 1 aliphatic rings. The molecule has 0 aromatic heterocycles. The van der Waals surface area contributed by atoms with Gasteiger partial charge in [-0.2, -0.15) is 8.78 Å². The largest absolute Gasteiger partial charge is 0.465 e. The third-order valence-electron chi connectivity index (χ3n) is 3.88. The number of carbonyl (C=O) groups is 3. The Labute approximate surface area is 156 Å². The second kappa shape index (κ2) is 9.04. The number of carbonyl (C=O) groups excluding carboxylic acids is 2. The van der Waals surface area contributed by atoms with E-state index in [0.29, 0.717) is 5.56 Å². The van der Waals surface area contributed by atoms with Gasteiger partial charge in [-0.15, -0.1) is 0 Å². The number of ketones is 1. The molecular formula is C16H16BrF2NO6. The smallest absolute Gasteiger partial charge is 0.408 e. The fourth-order valence-electron chi connectivity index (χ4n) is 2.64. The van der Waals surface area contributed by atoms with E-state index >= 15 is 0 Å². The molecule has 0 bridgehead atoms. The Morgan fingerprint density at radius 3 is 2.50 bits per heavy atom. The van der Waals surface area contributed by atoms with E-state index in [-0.39, 0.29) is 19.6 Å². The van der Waals surface area contributed by atoms with Gasteiger partial charge in [0.05, 0.1) is 6.61 Å². The van der Waals surface area contributed by atoms with Crippen LogP contribution in [0.2, 0.25) is 0 Å². The molecule has 26 heavy (non-hydrogen) atoms. The predicted octanol–water partition coefficient (Wildman–Crippen LogP) is 2.78. The molecule has 1 aliphatic heterocycles. The molecule has 1 fully saturated rings. The Morgan fingerprint density at radius 2 is 1.92 bits per heavy atom. The SMILES string of the molecule is O=C(COC(=O)C1CC(COC(F)F)CN1C(=O)O)c1ccc(Br)cc1. The minimum atomic E-state index is -2.97. The highest BCUT2D eigenvalue weighted by Gasteiger charge is 2.41. The van der Waals surface area contributed by atoms with Crippen LogP contribution in [0.4, 0.5) is 13.6 Å². The van der Waals surface area contributed by atoms with E-state index in [1.165, 1.54) is 0 Å². The highest BCUT2D eigenvalue weighted by molar-refractivity contribution is 9.10. The summed E-state index contributed by atoms with van der Waals surface area (Å²) in [5.41, 5.74) is 0.339. The third-order valence-corrected chi connectivity index (χ3v) is 4.40. The normalized spacial score (nSPS) is 19.6. The molecule has 1 amide bonds. The number of esters is 1. The van der Waals surface area contributed by atoms with Gasteiger partial charge in [-0.3, -0.25) is 9.69 Å². The number of alkyl halides is 2. The summed E-state index contributed by atoms with van der Waals surface area (Å²) in [5.74, 6) is -1.89. The number of benzene rings is 1. The molecule has 1 saturated heterocycles. The van der Waals surface area contributed by atoms with E-state index in [1.54, 1.807) is 24.3 Å². The maximum atomic E-state index is 12.2. The van der Waals surface area contributed by atoms with Crippen LogP contribution in [0.1, 0.15) is 16.8 Å². The van der Waals surface area contributed by atoms with Crippen molar-refractivity contribution >= 4 is 33.8 Å². The summed E-state index contributed by atoms with van der Waals surface area (Å²) >= 11 is 3.23. The quantitative estimate of drug-likeness (QED) is 0.522. The van der Waals surface area contributed by atoms with Crippen molar-refractivity contribution in [1.29, 1.82) is 0 Å². The number of carboxylic acid groups (broad SMARTS) is 1. The summed E-state index contributed by atoms with van der Waals surface area (Å²) in [6.07, 6.45) is -1.38. The standard InChI is InChI=1S/C16H16BrF2NO6/c17-11-3-1-10(2-4-11)13(21)8-25-14(22)12-5-9(7-26-15(18)19)6-20(12)16(23)24/h1-4,9,12,15H,5-8H2,(H,23,24). The average molecular weight is 436 g/mol. The zero-order valence-corrected chi connectivity index (χ0v) is 15.0. The number of hydrogen-bond donors (Lipinski definition) is 1. The molecule has 1 aromatic rings. The van der Waals surface area contributed by atoms with Crippen LogP contribution in [0.25, 0.3) is 0 Å². The van der Waals surface area contributed by atoms with Crippen LogP contribution in [-0.4, -0.2) is 60.3 Å². The monoisotopic (exact) mass is 435 g/mol. The fourth-order valence-corrected chi connectivity index (χ4v) is 2.90. The van der Waals surface area contributed by atoms with E-state index in [1.807, 2.05) is 0 Å². The van der Waals surface area contributed by atoms with Crippen LogP contribution in [0.3, 0.4) is 0 Å². The maximum absolute atomic E-state index is 12.2.